The molecule has 11 nitrogen and oxygen atoms in total. The normalized spacial score (nSPS) is 20.1. The molecule has 2 N–H and O–H groups in total. The maximum Gasteiger partial charge on any atom is 0.269 e. The van der Waals surface area contributed by atoms with Gasteiger partial charge in [0, 0.05) is 37.8 Å². The van der Waals surface area contributed by atoms with Gasteiger partial charge in [0.05, 0.1) is 41.2 Å². The molecule has 1 saturated carbocycles. The number of sulfonamides is 1. The summed E-state index contributed by atoms with van der Waals surface area (Å²) >= 11 is 0. The van der Waals surface area contributed by atoms with E-state index in [0.717, 1.165) is 17.7 Å². The van der Waals surface area contributed by atoms with Crippen LogP contribution in [-0.2, 0) is 26.0 Å². The smallest absolute Gasteiger partial charge is 0.269 e. The summed E-state index contributed by atoms with van der Waals surface area (Å²) in [5, 5.41) is 25.2. The number of carbonyl (C=O) groups excluding carboxylic acids is 1. The van der Waals surface area contributed by atoms with Crippen molar-refractivity contribution in [3.05, 3.63) is 70.3 Å². The van der Waals surface area contributed by atoms with E-state index >= 15 is 0 Å². The van der Waals surface area contributed by atoms with Gasteiger partial charge in [0.2, 0.25) is 15.9 Å². The maximum atomic E-state index is 13.5. The number of amides is 1. The quantitative estimate of drug-likeness (QED) is 0.302. The first-order valence-electron chi connectivity index (χ1n) is 12.7. The standard InChI is InChI=1S/C26H34N4O7S/c1-19-16-28(13-14-37-19)18-26(32)27-24(15-20-5-3-2-4-6-20)25(31)17-29(21-7-8-21)38(35,36)23-11-9-22(10-12-23)30(33)34/h2-6,9-12,19,21,24-25,31H,7-8,13-18H2,1H3,(H,27,32)/t19-,24-,25+/m0/s1. The first kappa shape index (κ1) is 28.1. The average molecular weight is 547 g/mol. The average Bonchev–Trinajstić information content (AvgIpc) is 3.72. The molecule has 1 heterocycles. The zero-order chi connectivity index (χ0) is 27.3. The highest BCUT2D eigenvalue weighted by Crippen LogP contribution is 2.33. The molecular weight excluding hydrogens is 512 g/mol. The third kappa shape index (κ3) is 7.35. The van der Waals surface area contributed by atoms with Gasteiger partial charge in [-0.2, -0.15) is 4.31 Å². The Morgan fingerprint density at radius 3 is 2.50 bits per heavy atom. The number of nitro groups is 1. The summed E-state index contributed by atoms with van der Waals surface area (Å²) in [6.07, 6.45) is 0.479. The van der Waals surface area contributed by atoms with Crippen LogP contribution >= 0.6 is 0 Å². The van der Waals surface area contributed by atoms with Crippen LogP contribution < -0.4 is 5.32 Å². The number of nitrogens with one attached hydrogen (secondary N) is 1. The molecule has 1 amide bonds. The van der Waals surface area contributed by atoms with Crippen LogP contribution in [0.4, 0.5) is 5.69 Å². The minimum atomic E-state index is -4.02. The molecule has 2 aromatic rings. The van der Waals surface area contributed by atoms with E-state index in [1.165, 1.54) is 16.4 Å². The molecule has 1 saturated heterocycles. The van der Waals surface area contributed by atoms with E-state index in [9.17, 15) is 28.4 Å². The van der Waals surface area contributed by atoms with Gasteiger partial charge in [0.1, 0.15) is 0 Å². The number of nitro benzene ring substituents is 1. The Labute approximate surface area is 222 Å². The maximum absolute atomic E-state index is 13.5. The Balaban J connectivity index is 1.50. The zero-order valence-corrected chi connectivity index (χ0v) is 22.1. The first-order chi connectivity index (χ1) is 18.1. The number of carbonyl (C=O) groups is 1. The van der Waals surface area contributed by atoms with Gasteiger partial charge in [0.25, 0.3) is 5.69 Å². The van der Waals surface area contributed by atoms with Gasteiger partial charge >= 0.3 is 0 Å². The van der Waals surface area contributed by atoms with E-state index < -0.39 is 27.1 Å². The van der Waals surface area contributed by atoms with Crippen LogP contribution in [-0.4, -0.2) is 90.6 Å². The molecule has 206 valence electrons. The SMILES string of the molecule is C[C@H]1CN(CC(=O)N[C@@H](Cc2ccccc2)[C@H](O)CN(C2CC2)S(=O)(=O)c2ccc([N+](=O)[O-])cc2)CCO1. The highest BCUT2D eigenvalue weighted by Gasteiger charge is 2.40. The van der Waals surface area contributed by atoms with E-state index in [1.807, 2.05) is 42.2 Å². The Hall–Kier alpha value is -2.90. The van der Waals surface area contributed by atoms with Crippen molar-refractivity contribution in [2.45, 2.75) is 55.4 Å². The molecule has 2 aliphatic rings. The van der Waals surface area contributed by atoms with Gasteiger partial charge in [0.15, 0.2) is 0 Å². The molecule has 38 heavy (non-hydrogen) atoms. The van der Waals surface area contributed by atoms with Crippen LogP contribution in [0.15, 0.2) is 59.5 Å². The molecule has 0 bridgehead atoms. The number of hydrogen-bond donors (Lipinski definition) is 2. The minimum Gasteiger partial charge on any atom is -0.390 e. The lowest BCUT2D eigenvalue weighted by Gasteiger charge is -2.32. The van der Waals surface area contributed by atoms with Crippen LogP contribution in [0.1, 0.15) is 25.3 Å². The van der Waals surface area contributed by atoms with Crippen LogP contribution in [0, 0.1) is 10.1 Å². The minimum absolute atomic E-state index is 0.0268. The number of aliphatic hydroxyl groups is 1. The summed E-state index contributed by atoms with van der Waals surface area (Å²) in [4.78, 5) is 25.3. The summed E-state index contributed by atoms with van der Waals surface area (Å²) in [7, 11) is -4.02. The number of hydrogen-bond acceptors (Lipinski definition) is 8. The third-order valence-electron chi connectivity index (χ3n) is 6.78. The number of aliphatic hydroxyl groups excluding tert-OH is 1. The van der Waals surface area contributed by atoms with Crippen molar-refractivity contribution in [3.63, 3.8) is 0 Å². The molecule has 3 atom stereocenters. The molecule has 1 aliphatic heterocycles. The van der Waals surface area contributed by atoms with Gasteiger partial charge in [-0.15, -0.1) is 0 Å². The van der Waals surface area contributed by atoms with Crippen molar-refractivity contribution >= 4 is 21.6 Å². The summed E-state index contributed by atoms with van der Waals surface area (Å²) in [5.74, 6) is -0.254. The number of non-ortho nitro benzene ring substituents is 1. The van der Waals surface area contributed by atoms with Crippen molar-refractivity contribution in [2.75, 3.05) is 32.8 Å². The molecule has 0 spiro atoms. The van der Waals surface area contributed by atoms with Crippen molar-refractivity contribution in [1.29, 1.82) is 0 Å². The van der Waals surface area contributed by atoms with Crippen molar-refractivity contribution in [1.82, 2.24) is 14.5 Å². The third-order valence-corrected chi connectivity index (χ3v) is 8.71. The number of ether oxygens (including phenoxy) is 1. The monoisotopic (exact) mass is 546 g/mol. The fourth-order valence-electron chi connectivity index (χ4n) is 4.63. The van der Waals surface area contributed by atoms with Gasteiger partial charge in [-0.1, -0.05) is 30.3 Å². The van der Waals surface area contributed by atoms with Gasteiger partial charge in [-0.05, 0) is 43.9 Å². The second kappa shape index (κ2) is 12.3. The van der Waals surface area contributed by atoms with Gasteiger partial charge in [-0.25, -0.2) is 8.42 Å². The van der Waals surface area contributed by atoms with E-state index in [-0.39, 0.29) is 41.7 Å². The van der Waals surface area contributed by atoms with Crippen molar-refractivity contribution < 1.29 is 28.0 Å². The predicted molar refractivity (Wildman–Crippen MR) is 140 cm³/mol. The van der Waals surface area contributed by atoms with E-state index in [0.29, 0.717) is 39.0 Å². The van der Waals surface area contributed by atoms with Crippen LogP contribution in [0.2, 0.25) is 0 Å². The Morgan fingerprint density at radius 1 is 1.21 bits per heavy atom. The van der Waals surface area contributed by atoms with Crippen molar-refractivity contribution in [2.24, 2.45) is 0 Å². The molecule has 1 aliphatic carbocycles. The number of benzene rings is 2. The van der Waals surface area contributed by atoms with Crippen LogP contribution in [0.3, 0.4) is 0 Å². The Kier molecular flexibility index (Phi) is 9.11. The topological polar surface area (TPSA) is 142 Å². The molecule has 4 rings (SSSR count). The highest BCUT2D eigenvalue weighted by molar-refractivity contribution is 7.89. The number of nitrogens with zero attached hydrogens (tertiary/aromatic N) is 3. The lowest BCUT2D eigenvalue weighted by Crippen LogP contribution is -2.53. The van der Waals surface area contributed by atoms with Gasteiger partial charge < -0.3 is 15.2 Å². The van der Waals surface area contributed by atoms with E-state index in [2.05, 4.69) is 5.32 Å². The number of morpholine rings is 1. The van der Waals surface area contributed by atoms with Crippen LogP contribution in [0.5, 0.6) is 0 Å². The second-order valence-electron chi connectivity index (χ2n) is 9.90. The summed E-state index contributed by atoms with van der Waals surface area (Å²) < 4.78 is 33.7. The van der Waals surface area contributed by atoms with Crippen molar-refractivity contribution in [3.8, 4) is 0 Å². The number of rotatable bonds is 12. The molecule has 0 aromatic heterocycles. The molecular formula is C26H34N4O7S. The fourth-order valence-corrected chi connectivity index (χ4v) is 6.34. The Morgan fingerprint density at radius 2 is 1.89 bits per heavy atom. The fraction of sp³-hybridized carbons (Fsp3) is 0.500. The van der Waals surface area contributed by atoms with E-state index in [1.54, 1.807) is 0 Å². The predicted octanol–water partition coefficient (Wildman–Crippen LogP) is 1.56. The second-order valence-corrected chi connectivity index (χ2v) is 11.8. The lowest BCUT2D eigenvalue weighted by atomic mass is 10.0. The molecule has 0 unspecified atom stereocenters. The Bertz CT molecular complexity index is 1210. The summed E-state index contributed by atoms with van der Waals surface area (Å²) in [5.41, 5.74) is 0.690. The van der Waals surface area contributed by atoms with E-state index in [4.69, 9.17) is 4.74 Å². The lowest BCUT2D eigenvalue weighted by molar-refractivity contribution is -0.384. The summed E-state index contributed by atoms with van der Waals surface area (Å²) in [6.45, 7) is 3.69. The molecule has 12 heteroatoms. The first-order valence-corrected chi connectivity index (χ1v) is 14.2. The molecule has 2 fully saturated rings. The largest absolute Gasteiger partial charge is 0.390 e. The zero-order valence-electron chi connectivity index (χ0n) is 21.3. The molecule has 2 aromatic carbocycles. The highest BCUT2D eigenvalue weighted by atomic mass is 32.2. The van der Waals surface area contributed by atoms with Crippen LogP contribution in [0.25, 0.3) is 0 Å². The summed E-state index contributed by atoms with van der Waals surface area (Å²) in [6, 6.07) is 13.1. The molecule has 0 radical (unpaired) electrons. The van der Waals surface area contributed by atoms with Gasteiger partial charge in [-0.3, -0.25) is 19.8 Å².